The van der Waals surface area contributed by atoms with Gasteiger partial charge in [-0.2, -0.15) is 24.9 Å². The predicted molar refractivity (Wildman–Crippen MR) is 131 cm³/mol. The van der Waals surface area contributed by atoms with Crippen molar-refractivity contribution in [1.82, 2.24) is 9.97 Å². The standard InChI is InChI=1S/C24H35F3N4OS/c1-5-8-18(6-2)17-31(7-3)22-10-9-20(24(25,26)27)13-19(22)14-28-23-29-15-21(16-30-23)32-11-12-33-4/h9-10,13,15-16,18H,5-8,11-12,14,17H2,1-4H3,(H,28,29,30)/t18-/m0/s1. The fourth-order valence-electron chi connectivity index (χ4n) is 3.65. The summed E-state index contributed by atoms with van der Waals surface area (Å²) in [6.45, 7) is 8.64. The lowest BCUT2D eigenvalue weighted by Gasteiger charge is -2.30. The van der Waals surface area contributed by atoms with Crippen molar-refractivity contribution in [3.8, 4) is 5.75 Å². The summed E-state index contributed by atoms with van der Waals surface area (Å²) >= 11 is 1.68. The van der Waals surface area contributed by atoms with Crippen LogP contribution in [0, 0.1) is 5.92 Å². The highest BCUT2D eigenvalue weighted by Gasteiger charge is 2.31. The molecule has 1 aromatic carbocycles. The number of nitrogens with zero attached hydrogens (tertiary/aromatic N) is 3. The van der Waals surface area contributed by atoms with Gasteiger partial charge < -0.3 is 15.0 Å². The van der Waals surface area contributed by atoms with Crippen molar-refractivity contribution in [2.75, 3.05) is 41.9 Å². The Kier molecular flexibility index (Phi) is 11.1. The Morgan fingerprint density at radius 1 is 1.15 bits per heavy atom. The van der Waals surface area contributed by atoms with E-state index >= 15 is 0 Å². The quantitative estimate of drug-likeness (QED) is 0.309. The van der Waals surface area contributed by atoms with Gasteiger partial charge >= 0.3 is 6.18 Å². The Bertz CT molecular complexity index is 833. The van der Waals surface area contributed by atoms with E-state index in [1.165, 1.54) is 12.1 Å². The van der Waals surface area contributed by atoms with Crippen LogP contribution in [-0.4, -0.2) is 41.7 Å². The SMILES string of the molecule is CCC[C@H](CC)CN(CC)c1ccc(C(F)(F)F)cc1CNc1ncc(OCCSC)cn1. The lowest BCUT2D eigenvalue weighted by atomic mass is 9.99. The lowest BCUT2D eigenvalue weighted by Crippen LogP contribution is -2.30. The second-order valence-corrected chi connectivity index (χ2v) is 8.87. The number of aromatic nitrogens is 2. The Morgan fingerprint density at radius 3 is 2.45 bits per heavy atom. The molecular formula is C24H35F3N4OS. The number of hydrogen-bond donors (Lipinski definition) is 1. The maximum atomic E-state index is 13.4. The Balaban J connectivity index is 2.21. The van der Waals surface area contributed by atoms with Crippen LogP contribution in [0.25, 0.3) is 0 Å². The second-order valence-electron chi connectivity index (χ2n) is 7.88. The van der Waals surface area contributed by atoms with Crippen LogP contribution in [0.2, 0.25) is 0 Å². The number of rotatable bonds is 14. The predicted octanol–water partition coefficient (Wildman–Crippen LogP) is 6.50. The van der Waals surface area contributed by atoms with Crippen LogP contribution in [0.1, 0.15) is 51.2 Å². The molecular weight excluding hydrogens is 449 g/mol. The second kappa shape index (κ2) is 13.5. The molecule has 1 N–H and O–H groups in total. The first-order chi connectivity index (χ1) is 15.8. The van der Waals surface area contributed by atoms with E-state index in [0.717, 1.165) is 43.8 Å². The largest absolute Gasteiger partial charge is 0.489 e. The van der Waals surface area contributed by atoms with Gasteiger partial charge in [-0.15, -0.1) is 0 Å². The van der Waals surface area contributed by atoms with E-state index < -0.39 is 11.7 Å². The van der Waals surface area contributed by atoms with Crippen LogP contribution in [0.4, 0.5) is 24.8 Å². The molecule has 0 radical (unpaired) electrons. The molecule has 0 spiro atoms. The molecule has 184 valence electrons. The highest BCUT2D eigenvalue weighted by atomic mass is 32.2. The zero-order valence-electron chi connectivity index (χ0n) is 19.9. The van der Waals surface area contributed by atoms with Crippen LogP contribution in [0.5, 0.6) is 5.75 Å². The number of anilines is 2. The molecule has 2 aromatic rings. The minimum absolute atomic E-state index is 0.188. The van der Waals surface area contributed by atoms with Crippen molar-refractivity contribution in [3.05, 3.63) is 41.7 Å². The molecule has 2 rings (SSSR count). The van der Waals surface area contributed by atoms with Crippen molar-refractivity contribution >= 4 is 23.4 Å². The van der Waals surface area contributed by atoms with Gasteiger partial charge in [0.1, 0.15) is 0 Å². The van der Waals surface area contributed by atoms with Crippen molar-refractivity contribution in [1.29, 1.82) is 0 Å². The fourth-order valence-corrected chi connectivity index (χ4v) is 3.90. The van der Waals surface area contributed by atoms with E-state index in [4.69, 9.17) is 4.74 Å². The molecule has 9 heteroatoms. The Labute approximate surface area is 199 Å². The molecule has 5 nitrogen and oxygen atoms in total. The number of benzene rings is 1. The molecule has 33 heavy (non-hydrogen) atoms. The number of halogens is 3. The molecule has 0 aliphatic heterocycles. The van der Waals surface area contributed by atoms with Gasteiger partial charge in [-0.25, -0.2) is 9.97 Å². The van der Waals surface area contributed by atoms with Gasteiger partial charge in [0.25, 0.3) is 0 Å². The third-order valence-corrected chi connectivity index (χ3v) is 6.08. The molecule has 0 aliphatic rings. The topological polar surface area (TPSA) is 50.3 Å². The van der Waals surface area contributed by atoms with Crippen molar-refractivity contribution in [2.24, 2.45) is 5.92 Å². The molecule has 0 fully saturated rings. The average molecular weight is 485 g/mol. The van der Waals surface area contributed by atoms with Gasteiger partial charge in [-0.1, -0.05) is 26.7 Å². The van der Waals surface area contributed by atoms with Crippen molar-refractivity contribution in [2.45, 2.75) is 52.8 Å². The maximum absolute atomic E-state index is 13.4. The fraction of sp³-hybridized carbons (Fsp3) is 0.583. The molecule has 0 unspecified atom stereocenters. The van der Waals surface area contributed by atoms with E-state index in [-0.39, 0.29) is 6.54 Å². The average Bonchev–Trinajstić information content (AvgIpc) is 2.81. The number of hydrogen-bond acceptors (Lipinski definition) is 6. The third-order valence-electron chi connectivity index (χ3n) is 5.50. The summed E-state index contributed by atoms with van der Waals surface area (Å²) in [5, 5.41) is 3.07. The number of alkyl halides is 3. The van der Waals surface area contributed by atoms with Crippen LogP contribution in [0.3, 0.4) is 0 Å². The van der Waals surface area contributed by atoms with Gasteiger partial charge in [0.15, 0.2) is 5.75 Å². The molecule has 0 saturated heterocycles. The smallest absolute Gasteiger partial charge is 0.416 e. The zero-order chi connectivity index (χ0) is 24.3. The van der Waals surface area contributed by atoms with Crippen molar-refractivity contribution < 1.29 is 17.9 Å². The molecule has 0 amide bonds. The van der Waals surface area contributed by atoms with E-state index in [0.29, 0.717) is 29.8 Å². The van der Waals surface area contributed by atoms with Gasteiger partial charge in [0.2, 0.25) is 5.95 Å². The van der Waals surface area contributed by atoms with Crippen LogP contribution < -0.4 is 15.0 Å². The van der Waals surface area contributed by atoms with E-state index in [2.05, 4.69) is 34.0 Å². The first kappa shape index (κ1) is 27.1. The van der Waals surface area contributed by atoms with E-state index in [9.17, 15) is 13.2 Å². The summed E-state index contributed by atoms with van der Waals surface area (Å²) in [6.07, 6.45) is 3.96. The molecule has 1 atom stereocenters. The summed E-state index contributed by atoms with van der Waals surface area (Å²) in [5.41, 5.74) is 0.727. The molecule has 1 heterocycles. The molecule has 1 aromatic heterocycles. The zero-order valence-corrected chi connectivity index (χ0v) is 20.7. The summed E-state index contributed by atoms with van der Waals surface area (Å²) in [7, 11) is 0. The monoisotopic (exact) mass is 484 g/mol. The minimum atomic E-state index is -4.40. The molecule has 0 bridgehead atoms. The number of nitrogens with one attached hydrogen (secondary N) is 1. The van der Waals surface area contributed by atoms with E-state index in [1.807, 2.05) is 13.2 Å². The van der Waals surface area contributed by atoms with Gasteiger partial charge in [0.05, 0.1) is 24.6 Å². The normalized spacial score (nSPS) is 12.5. The van der Waals surface area contributed by atoms with Crippen LogP contribution in [0.15, 0.2) is 30.6 Å². The Morgan fingerprint density at radius 2 is 1.88 bits per heavy atom. The highest BCUT2D eigenvalue weighted by Crippen LogP contribution is 2.34. The summed E-state index contributed by atoms with van der Waals surface area (Å²) in [6, 6.07) is 3.98. The van der Waals surface area contributed by atoms with Crippen LogP contribution in [-0.2, 0) is 12.7 Å². The van der Waals surface area contributed by atoms with Gasteiger partial charge in [0, 0.05) is 31.1 Å². The Hall–Kier alpha value is -2.16. The molecule has 0 saturated carbocycles. The minimum Gasteiger partial charge on any atom is -0.489 e. The van der Waals surface area contributed by atoms with Gasteiger partial charge in [-0.05, 0) is 49.3 Å². The van der Waals surface area contributed by atoms with Crippen LogP contribution >= 0.6 is 11.8 Å². The number of ether oxygens (including phenoxy) is 1. The summed E-state index contributed by atoms with van der Waals surface area (Å²) in [4.78, 5) is 10.6. The van der Waals surface area contributed by atoms with Crippen molar-refractivity contribution in [3.63, 3.8) is 0 Å². The molecule has 0 aliphatic carbocycles. The first-order valence-electron chi connectivity index (χ1n) is 11.4. The maximum Gasteiger partial charge on any atom is 0.416 e. The van der Waals surface area contributed by atoms with Gasteiger partial charge in [-0.3, -0.25) is 0 Å². The summed E-state index contributed by atoms with van der Waals surface area (Å²) < 4.78 is 45.8. The third kappa shape index (κ3) is 8.61. The number of thioether (sulfide) groups is 1. The highest BCUT2D eigenvalue weighted by molar-refractivity contribution is 7.98. The van der Waals surface area contributed by atoms with E-state index in [1.54, 1.807) is 30.2 Å². The lowest BCUT2D eigenvalue weighted by molar-refractivity contribution is -0.137. The first-order valence-corrected chi connectivity index (χ1v) is 12.8. The summed E-state index contributed by atoms with van der Waals surface area (Å²) in [5.74, 6) is 2.27.